The van der Waals surface area contributed by atoms with Gasteiger partial charge in [0.05, 0.1) is 6.54 Å². The van der Waals surface area contributed by atoms with E-state index in [0.29, 0.717) is 18.4 Å². The van der Waals surface area contributed by atoms with E-state index in [4.69, 9.17) is 0 Å². The number of rotatable bonds is 5. The smallest absolute Gasteiger partial charge is 0.238 e. The number of carbonyl (C=O) groups is 1. The van der Waals surface area contributed by atoms with Gasteiger partial charge in [0.15, 0.2) is 0 Å². The van der Waals surface area contributed by atoms with Gasteiger partial charge in [-0.15, -0.1) is 0 Å². The summed E-state index contributed by atoms with van der Waals surface area (Å²) < 4.78 is 0. The maximum atomic E-state index is 12.2. The SMILES string of the molecule is CC(C)CC(C)N1C(=O)CNC1c1ccc(C(C)C)cc1. The average molecular weight is 288 g/mol. The molecular weight excluding hydrogens is 260 g/mol. The second-order valence-electron chi connectivity index (χ2n) is 6.88. The molecule has 0 bridgehead atoms. The fourth-order valence-electron chi connectivity index (χ4n) is 3.16. The highest BCUT2D eigenvalue weighted by atomic mass is 16.2. The minimum absolute atomic E-state index is 0.0208. The van der Waals surface area contributed by atoms with Gasteiger partial charge in [0.25, 0.3) is 0 Å². The maximum Gasteiger partial charge on any atom is 0.238 e. The van der Waals surface area contributed by atoms with Crippen molar-refractivity contribution in [3.8, 4) is 0 Å². The summed E-state index contributed by atoms with van der Waals surface area (Å²) in [7, 11) is 0. The molecule has 21 heavy (non-hydrogen) atoms. The van der Waals surface area contributed by atoms with Crippen molar-refractivity contribution in [3.63, 3.8) is 0 Å². The van der Waals surface area contributed by atoms with Crippen LogP contribution in [0.5, 0.6) is 0 Å². The molecule has 0 saturated carbocycles. The average Bonchev–Trinajstić information content (AvgIpc) is 2.80. The van der Waals surface area contributed by atoms with E-state index in [1.54, 1.807) is 0 Å². The van der Waals surface area contributed by atoms with Crippen molar-refractivity contribution in [1.29, 1.82) is 0 Å². The predicted molar refractivity (Wildman–Crippen MR) is 87.0 cm³/mol. The molecular formula is C18H28N2O. The Morgan fingerprint density at radius 3 is 2.29 bits per heavy atom. The van der Waals surface area contributed by atoms with E-state index in [-0.39, 0.29) is 18.1 Å². The van der Waals surface area contributed by atoms with Gasteiger partial charge >= 0.3 is 0 Å². The van der Waals surface area contributed by atoms with Crippen LogP contribution >= 0.6 is 0 Å². The van der Waals surface area contributed by atoms with Gasteiger partial charge in [0, 0.05) is 6.04 Å². The normalized spacial score (nSPS) is 20.6. The van der Waals surface area contributed by atoms with Crippen LogP contribution in [0.2, 0.25) is 0 Å². The van der Waals surface area contributed by atoms with Crippen LogP contribution in [0.4, 0.5) is 0 Å². The highest BCUT2D eigenvalue weighted by Crippen LogP contribution is 2.28. The Morgan fingerprint density at radius 2 is 1.76 bits per heavy atom. The maximum absolute atomic E-state index is 12.2. The van der Waals surface area contributed by atoms with E-state index in [1.165, 1.54) is 11.1 Å². The number of hydrogen-bond acceptors (Lipinski definition) is 2. The molecule has 1 saturated heterocycles. The molecule has 3 heteroatoms. The number of nitrogens with zero attached hydrogens (tertiary/aromatic N) is 1. The first-order valence-corrected chi connectivity index (χ1v) is 8.04. The molecule has 1 amide bonds. The van der Waals surface area contributed by atoms with Gasteiger partial charge in [-0.25, -0.2) is 0 Å². The lowest BCUT2D eigenvalue weighted by atomic mass is 9.99. The van der Waals surface area contributed by atoms with Crippen molar-refractivity contribution in [2.45, 2.75) is 59.2 Å². The van der Waals surface area contributed by atoms with Gasteiger partial charge in [0.1, 0.15) is 6.17 Å². The highest BCUT2D eigenvalue weighted by Gasteiger charge is 2.34. The number of carbonyl (C=O) groups excluding carboxylic acids is 1. The lowest BCUT2D eigenvalue weighted by molar-refractivity contribution is -0.130. The van der Waals surface area contributed by atoms with E-state index in [9.17, 15) is 4.79 Å². The van der Waals surface area contributed by atoms with Crippen molar-refractivity contribution in [3.05, 3.63) is 35.4 Å². The molecule has 0 aliphatic carbocycles. The van der Waals surface area contributed by atoms with Crippen LogP contribution in [0.3, 0.4) is 0 Å². The number of benzene rings is 1. The zero-order valence-electron chi connectivity index (χ0n) is 13.9. The monoisotopic (exact) mass is 288 g/mol. The number of amides is 1. The minimum atomic E-state index is 0.0208. The second-order valence-corrected chi connectivity index (χ2v) is 6.88. The molecule has 116 valence electrons. The van der Waals surface area contributed by atoms with Crippen molar-refractivity contribution < 1.29 is 4.79 Å². The number of hydrogen-bond donors (Lipinski definition) is 1. The van der Waals surface area contributed by atoms with E-state index in [2.05, 4.69) is 64.2 Å². The van der Waals surface area contributed by atoms with Crippen LogP contribution in [0, 0.1) is 5.92 Å². The first kappa shape index (κ1) is 16.0. The molecule has 1 heterocycles. The van der Waals surface area contributed by atoms with Crippen LogP contribution in [0.25, 0.3) is 0 Å². The summed E-state index contributed by atoms with van der Waals surface area (Å²) in [6.07, 6.45) is 1.06. The molecule has 0 spiro atoms. The van der Waals surface area contributed by atoms with E-state index in [0.717, 1.165) is 6.42 Å². The second kappa shape index (κ2) is 6.61. The van der Waals surface area contributed by atoms with Gasteiger partial charge in [-0.3, -0.25) is 10.1 Å². The molecule has 2 rings (SSSR count). The van der Waals surface area contributed by atoms with Crippen LogP contribution in [0.1, 0.15) is 64.3 Å². The van der Waals surface area contributed by atoms with Crippen LogP contribution < -0.4 is 5.32 Å². The van der Waals surface area contributed by atoms with Gasteiger partial charge in [-0.05, 0) is 36.3 Å². The minimum Gasteiger partial charge on any atom is -0.319 e. The Kier molecular flexibility index (Phi) is 5.04. The van der Waals surface area contributed by atoms with Crippen LogP contribution in [-0.2, 0) is 4.79 Å². The third-order valence-corrected chi connectivity index (χ3v) is 4.22. The summed E-state index contributed by atoms with van der Waals surface area (Å²) >= 11 is 0. The zero-order valence-corrected chi connectivity index (χ0v) is 13.9. The van der Waals surface area contributed by atoms with Gasteiger partial charge < -0.3 is 4.90 Å². The highest BCUT2D eigenvalue weighted by molar-refractivity contribution is 5.81. The Bertz CT molecular complexity index is 478. The van der Waals surface area contributed by atoms with Crippen molar-refractivity contribution in [2.75, 3.05) is 6.54 Å². The lowest BCUT2D eigenvalue weighted by Crippen LogP contribution is -2.38. The van der Waals surface area contributed by atoms with E-state index < -0.39 is 0 Å². The van der Waals surface area contributed by atoms with Crippen molar-refractivity contribution in [2.24, 2.45) is 5.92 Å². The Balaban J connectivity index is 2.18. The van der Waals surface area contributed by atoms with Gasteiger partial charge in [0.2, 0.25) is 5.91 Å². The first-order chi connectivity index (χ1) is 9.90. The number of nitrogens with one attached hydrogen (secondary N) is 1. The molecule has 0 radical (unpaired) electrons. The molecule has 2 unspecified atom stereocenters. The Morgan fingerprint density at radius 1 is 1.14 bits per heavy atom. The molecule has 1 aromatic carbocycles. The molecule has 0 aromatic heterocycles. The van der Waals surface area contributed by atoms with E-state index >= 15 is 0 Å². The predicted octanol–water partition coefficient (Wildman–Crippen LogP) is 3.68. The summed E-state index contributed by atoms with van der Waals surface area (Å²) in [4.78, 5) is 14.2. The molecule has 1 N–H and O–H groups in total. The third-order valence-electron chi connectivity index (χ3n) is 4.22. The third kappa shape index (κ3) is 3.65. The van der Waals surface area contributed by atoms with Crippen LogP contribution in [0.15, 0.2) is 24.3 Å². The molecule has 1 aliphatic rings. The Labute approximate surface area is 128 Å². The quantitative estimate of drug-likeness (QED) is 0.896. The standard InChI is InChI=1S/C18H28N2O/c1-12(2)10-14(5)20-17(21)11-19-18(20)16-8-6-15(7-9-16)13(3)4/h6-9,12-14,18-19H,10-11H2,1-5H3. The largest absolute Gasteiger partial charge is 0.319 e. The van der Waals surface area contributed by atoms with E-state index in [1.807, 2.05) is 4.90 Å². The summed E-state index contributed by atoms with van der Waals surface area (Å²) in [6, 6.07) is 8.93. The lowest BCUT2D eigenvalue weighted by Gasteiger charge is -2.32. The summed E-state index contributed by atoms with van der Waals surface area (Å²) in [5.74, 6) is 1.34. The van der Waals surface area contributed by atoms with Crippen molar-refractivity contribution >= 4 is 5.91 Å². The van der Waals surface area contributed by atoms with Gasteiger partial charge in [-0.2, -0.15) is 0 Å². The van der Waals surface area contributed by atoms with Gasteiger partial charge in [-0.1, -0.05) is 52.0 Å². The fraction of sp³-hybridized carbons (Fsp3) is 0.611. The molecule has 1 aromatic rings. The molecule has 3 nitrogen and oxygen atoms in total. The summed E-state index contributed by atoms with van der Waals surface area (Å²) in [5, 5.41) is 3.35. The first-order valence-electron chi connectivity index (χ1n) is 8.04. The van der Waals surface area contributed by atoms with Crippen LogP contribution in [-0.4, -0.2) is 23.4 Å². The summed E-state index contributed by atoms with van der Waals surface area (Å²) in [6.45, 7) is 11.4. The topological polar surface area (TPSA) is 32.3 Å². The summed E-state index contributed by atoms with van der Waals surface area (Å²) in [5.41, 5.74) is 2.52. The fourth-order valence-corrected chi connectivity index (χ4v) is 3.16. The molecule has 2 atom stereocenters. The van der Waals surface area contributed by atoms with Crippen molar-refractivity contribution in [1.82, 2.24) is 10.2 Å². The molecule has 1 aliphatic heterocycles. The zero-order chi connectivity index (χ0) is 15.6. The molecule has 1 fully saturated rings. The Hall–Kier alpha value is -1.35.